The largest absolute Gasteiger partial charge is 0.339 e. The highest BCUT2D eigenvalue weighted by Crippen LogP contribution is 2.31. The van der Waals surface area contributed by atoms with Gasteiger partial charge in [0, 0.05) is 22.9 Å². The van der Waals surface area contributed by atoms with Crippen LogP contribution in [-0.2, 0) is 6.42 Å². The zero-order valence-electron chi connectivity index (χ0n) is 13.9. The predicted molar refractivity (Wildman–Crippen MR) is 101 cm³/mol. The topological polar surface area (TPSA) is 53.9 Å². The number of nitrogens with one attached hydrogen (secondary N) is 1. The summed E-state index contributed by atoms with van der Waals surface area (Å²) in [6.45, 7) is 2.86. The number of aryl methyl sites for hydroxylation is 2. The minimum absolute atomic E-state index is 0.607. The number of para-hydroxylation sites is 1. The van der Waals surface area contributed by atoms with E-state index in [-0.39, 0.29) is 0 Å². The third kappa shape index (κ3) is 3.28. The summed E-state index contributed by atoms with van der Waals surface area (Å²) in [6.07, 6.45) is 3.78. The molecule has 0 atom stereocenters. The standard InChI is InChI=1S/C19H18ClN5/c1-13-8-9-15(11-16(13)20)22-18-12-21-24-19(23-18)25-10-4-6-14-5-2-3-7-17(14)25/h2-3,5,7-9,11-12H,4,6,10H2,1H3,(H,22,23,24). The van der Waals surface area contributed by atoms with Gasteiger partial charge in [0.15, 0.2) is 5.82 Å². The van der Waals surface area contributed by atoms with Gasteiger partial charge in [0.2, 0.25) is 0 Å². The van der Waals surface area contributed by atoms with Gasteiger partial charge in [0.05, 0.1) is 6.20 Å². The molecule has 2 heterocycles. The zero-order chi connectivity index (χ0) is 17.2. The third-order valence-electron chi connectivity index (χ3n) is 4.34. The van der Waals surface area contributed by atoms with Crippen LogP contribution < -0.4 is 10.2 Å². The van der Waals surface area contributed by atoms with Crippen LogP contribution in [0, 0.1) is 6.92 Å². The number of rotatable bonds is 3. The van der Waals surface area contributed by atoms with E-state index in [1.807, 2.05) is 31.2 Å². The maximum atomic E-state index is 6.19. The highest BCUT2D eigenvalue weighted by atomic mass is 35.5. The zero-order valence-corrected chi connectivity index (χ0v) is 14.7. The molecule has 25 heavy (non-hydrogen) atoms. The van der Waals surface area contributed by atoms with Crippen molar-refractivity contribution in [2.24, 2.45) is 0 Å². The lowest BCUT2D eigenvalue weighted by Crippen LogP contribution is -2.26. The lowest BCUT2D eigenvalue weighted by molar-refractivity contribution is 0.742. The third-order valence-corrected chi connectivity index (χ3v) is 4.75. The van der Waals surface area contributed by atoms with Crippen molar-refractivity contribution < 1.29 is 0 Å². The molecular formula is C19H18ClN5. The number of halogens is 1. The van der Waals surface area contributed by atoms with Crippen LogP contribution in [0.4, 0.5) is 23.1 Å². The van der Waals surface area contributed by atoms with Gasteiger partial charge in [-0.2, -0.15) is 10.1 Å². The molecule has 3 aromatic rings. The molecule has 6 heteroatoms. The first-order valence-electron chi connectivity index (χ1n) is 8.29. The van der Waals surface area contributed by atoms with E-state index in [2.05, 4.69) is 43.6 Å². The molecule has 5 nitrogen and oxygen atoms in total. The quantitative estimate of drug-likeness (QED) is 0.743. The second-order valence-corrected chi connectivity index (χ2v) is 6.52. The van der Waals surface area contributed by atoms with Crippen LogP contribution in [0.5, 0.6) is 0 Å². The van der Waals surface area contributed by atoms with E-state index in [1.54, 1.807) is 6.20 Å². The first-order valence-corrected chi connectivity index (χ1v) is 8.67. The van der Waals surface area contributed by atoms with Gasteiger partial charge in [-0.3, -0.25) is 0 Å². The molecule has 1 aromatic heterocycles. The van der Waals surface area contributed by atoms with E-state index in [0.29, 0.717) is 11.8 Å². The molecule has 1 aliphatic heterocycles. The van der Waals surface area contributed by atoms with Crippen molar-refractivity contribution in [3.05, 3.63) is 64.8 Å². The Morgan fingerprint density at radius 3 is 2.92 bits per heavy atom. The van der Waals surface area contributed by atoms with Crippen LogP contribution >= 0.6 is 11.6 Å². The number of fused-ring (bicyclic) bond motifs is 1. The number of nitrogens with zero attached hydrogens (tertiary/aromatic N) is 4. The van der Waals surface area contributed by atoms with E-state index >= 15 is 0 Å². The molecule has 4 rings (SSSR count). The van der Waals surface area contributed by atoms with Gasteiger partial charge < -0.3 is 10.2 Å². The van der Waals surface area contributed by atoms with Crippen LogP contribution in [-0.4, -0.2) is 21.7 Å². The summed E-state index contributed by atoms with van der Waals surface area (Å²) in [7, 11) is 0. The summed E-state index contributed by atoms with van der Waals surface area (Å²) < 4.78 is 0. The fourth-order valence-electron chi connectivity index (χ4n) is 3.03. The van der Waals surface area contributed by atoms with Gasteiger partial charge in [0.25, 0.3) is 5.95 Å². The smallest absolute Gasteiger partial charge is 0.251 e. The van der Waals surface area contributed by atoms with E-state index in [0.717, 1.165) is 41.3 Å². The first-order chi connectivity index (χ1) is 12.2. The molecule has 2 aromatic carbocycles. The Kier molecular flexibility index (Phi) is 4.24. The summed E-state index contributed by atoms with van der Waals surface area (Å²) in [6, 6.07) is 14.2. The lowest BCUT2D eigenvalue weighted by Gasteiger charge is -2.29. The van der Waals surface area contributed by atoms with Crippen LogP contribution in [0.2, 0.25) is 5.02 Å². The summed E-state index contributed by atoms with van der Waals surface area (Å²) in [5.41, 5.74) is 4.40. The van der Waals surface area contributed by atoms with Crippen molar-refractivity contribution in [1.82, 2.24) is 15.2 Å². The van der Waals surface area contributed by atoms with Crippen molar-refractivity contribution in [2.45, 2.75) is 19.8 Å². The lowest BCUT2D eigenvalue weighted by atomic mass is 10.0. The highest BCUT2D eigenvalue weighted by Gasteiger charge is 2.20. The molecule has 0 unspecified atom stereocenters. The van der Waals surface area contributed by atoms with Crippen LogP contribution in [0.1, 0.15) is 17.5 Å². The molecule has 1 aliphatic rings. The average molecular weight is 352 g/mol. The molecule has 0 saturated carbocycles. The molecule has 126 valence electrons. The summed E-state index contributed by atoms with van der Waals surface area (Å²) in [5, 5.41) is 12.3. The number of anilines is 4. The van der Waals surface area contributed by atoms with E-state index in [4.69, 9.17) is 11.6 Å². The molecule has 0 aliphatic carbocycles. The fraction of sp³-hybridized carbons (Fsp3) is 0.211. The molecule has 0 fully saturated rings. The molecule has 0 radical (unpaired) electrons. The Bertz CT molecular complexity index is 912. The molecule has 0 spiro atoms. The Balaban J connectivity index is 1.63. The molecule has 0 amide bonds. The molecule has 0 saturated heterocycles. The normalized spacial score (nSPS) is 13.4. The second-order valence-electron chi connectivity index (χ2n) is 6.11. The summed E-state index contributed by atoms with van der Waals surface area (Å²) in [4.78, 5) is 6.76. The van der Waals surface area contributed by atoms with Crippen LogP contribution in [0.15, 0.2) is 48.7 Å². The van der Waals surface area contributed by atoms with Crippen molar-refractivity contribution in [2.75, 3.05) is 16.8 Å². The summed E-state index contributed by atoms with van der Waals surface area (Å²) in [5.74, 6) is 1.25. The minimum atomic E-state index is 0.607. The van der Waals surface area contributed by atoms with Crippen molar-refractivity contribution >= 4 is 34.7 Å². The Morgan fingerprint density at radius 1 is 1.16 bits per heavy atom. The minimum Gasteiger partial charge on any atom is -0.339 e. The van der Waals surface area contributed by atoms with Gasteiger partial charge in [-0.05, 0) is 49.1 Å². The average Bonchev–Trinajstić information content (AvgIpc) is 2.64. The molecular weight excluding hydrogens is 334 g/mol. The Labute approximate surface area is 151 Å². The fourth-order valence-corrected chi connectivity index (χ4v) is 3.21. The van der Waals surface area contributed by atoms with Crippen molar-refractivity contribution in [3.63, 3.8) is 0 Å². The predicted octanol–water partition coefficient (Wildman–Crippen LogP) is 4.66. The van der Waals surface area contributed by atoms with Gasteiger partial charge in [-0.1, -0.05) is 35.9 Å². The number of hydrogen-bond acceptors (Lipinski definition) is 5. The van der Waals surface area contributed by atoms with E-state index in [9.17, 15) is 0 Å². The van der Waals surface area contributed by atoms with Gasteiger partial charge >= 0.3 is 0 Å². The Morgan fingerprint density at radius 2 is 2.04 bits per heavy atom. The first kappa shape index (κ1) is 15.8. The second kappa shape index (κ2) is 6.69. The number of aromatic nitrogens is 3. The summed E-state index contributed by atoms with van der Waals surface area (Å²) >= 11 is 6.19. The van der Waals surface area contributed by atoms with E-state index < -0.39 is 0 Å². The van der Waals surface area contributed by atoms with Crippen molar-refractivity contribution in [3.8, 4) is 0 Å². The SMILES string of the molecule is Cc1ccc(Nc2cnnc(N3CCCc4ccccc43)n2)cc1Cl. The maximum absolute atomic E-state index is 6.19. The Hall–Kier alpha value is -2.66. The number of hydrogen-bond donors (Lipinski definition) is 1. The van der Waals surface area contributed by atoms with E-state index in [1.165, 1.54) is 5.56 Å². The number of benzene rings is 2. The molecule has 1 N–H and O–H groups in total. The van der Waals surface area contributed by atoms with Gasteiger partial charge in [-0.25, -0.2) is 0 Å². The maximum Gasteiger partial charge on any atom is 0.251 e. The van der Waals surface area contributed by atoms with Gasteiger partial charge in [-0.15, -0.1) is 5.10 Å². The van der Waals surface area contributed by atoms with Gasteiger partial charge in [0.1, 0.15) is 0 Å². The highest BCUT2D eigenvalue weighted by molar-refractivity contribution is 6.31. The van der Waals surface area contributed by atoms with Crippen LogP contribution in [0.25, 0.3) is 0 Å². The molecule has 0 bridgehead atoms. The van der Waals surface area contributed by atoms with Crippen LogP contribution in [0.3, 0.4) is 0 Å². The monoisotopic (exact) mass is 351 g/mol. The van der Waals surface area contributed by atoms with Crippen molar-refractivity contribution in [1.29, 1.82) is 0 Å².